The van der Waals surface area contributed by atoms with Gasteiger partial charge in [0.25, 0.3) is 0 Å². The summed E-state index contributed by atoms with van der Waals surface area (Å²) in [6.07, 6.45) is 22.1. The van der Waals surface area contributed by atoms with Crippen LogP contribution >= 0.6 is 0 Å². The van der Waals surface area contributed by atoms with Gasteiger partial charge in [-0.2, -0.15) is 0 Å². The van der Waals surface area contributed by atoms with E-state index in [1.807, 2.05) is 18.3 Å². The largest absolute Gasteiger partial charge is 0.335 e. The van der Waals surface area contributed by atoms with Gasteiger partial charge in [-0.25, -0.2) is 9.37 Å². The van der Waals surface area contributed by atoms with Crippen LogP contribution in [-0.4, -0.2) is 16.3 Å². The van der Waals surface area contributed by atoms with Gasteiger partial charge in [0.1, 0.15) is 11.6 Å². The van der Waals surface area contributed by atoms with E-state index in [1.54, 1.807) is 0 Å². The highest BCUT2D eigenvalue weighted by Gasteiger charge is 2.17. The van der Waals surface area contributed by atoms with Crippen LogP contribution in [0.3, 0.4) is 0 Å². The van der Waals surface area contributed by atoms with Crippen molar-refractivity contribution >= 4 is 17.6 Å². The predicted molar refractivity (Wildman–Crippen MR) is 181 cm³/mol. The number of imidazole rings is 1. The molecule has 224 valence electrons. The normalized spacial score (nSPS) is 10.7. The van der Waals surface area contributed by atoms with Gasteiger partial charge in [-0.05, 0) is 24.1 Å². The lowest BCUT2D eigenvalue weighted by atomic mass is 9.38. The van der Waals surface area contributed by atoms with Crippen LogP contribution in [0.15, 0.2) is 97.3 Å². The van der Waals surface area contributed by atoms with Crippen molar-refractivity contribution in [3.05, 3.63) is 115 Å². The van der Waals surface area contributed by atoms with Crippen molar-refractivity contribution in [3.63, 3.8) is 0 Å². The van der Waals surface area contributed by atoms with Crippen molar-refractivity contribution in [2.24, 2.45) is 0 Å². The molecule has 0 aliphatic carbocycles. The predicted octanol–water partition coefficient (Wildman–Crippen LogP) is 9.63. The summed E-state index contributed by atoms with van der Waals surface area (Å²) in [6.45, 7) is 6.11. The lowest BCUT2D eigenvalue weighted by molar-refractivity contribution is 0.529. The smallest absolute Gasteiger partial charge is 0.209 e. The summed E-state index contributed by atoms with van der Waals surface area (Å²) in [5.41, 5.74) is 3.98. The second-order valence-corrected chi connectivity index (χ2v) is 11.5. The average Bonchev–Trinajstić information content (AvgIpc) is 3.47. The Bertz CT molecular complexity index is 1150. The van der Waals surface area contributed by atoms with Gasteiger partial charge in [-0.1, -0.05) is 175 Å². The number of hydrogen-bond donors (Lipinski definition) is 0. The van der Waals surface area contributed by atoms with E-state index in [0.29, 0.717) is 6.71 Å². The Morgan fingerprint density at radius 2 is 1.14 bits per heavy atom. The first-order valence-electron chi connectivity index (χ1n) is 16.6. The molecule has 0 N–H and O–H groups in total. The monoisotopic (exact) mass is 566 g/mol. The van der Waals surface area contributed by atoms with Gasteiger partial charge >= 0.3 is 0 Å². The molecule has 3 aromatic carbocycles. The van der Waals surface area contributed by atoms with Crippen molar-refractivity contribution < 1.29 is 4.39 Å². The minimum atomic E-state index is -0.183. The van der Waals surface area contributed by atoms with Gasteiger partial charge < -0.3 is 4.57 Å². The zero-order valence-electron chi connectivity index (χ0n) is 26.2. The molecule has 1 aromatic heterocycles. The molecule has 0 aliphatic heterocycles. The summed E-state index contributed by atoms with van der Waals surface area (Å²) in [5, 5.41) is 0. The molecule has 0 saturated heterocycles. The van der Waals surface area contributed by atoms with Crippen LogP contribution < -0.4 is 10.9 Å². The third kappa shape index (κ3) is 12.8. The zero-order chi connectivity index (χ0) is 29.7. The van der Waals surface area contributed by atoms with E-state index < -0.39 is 0 Å². The number of aryl methyl sites for hydroxylation is 1. The highest BCUT2D eigenvalue weighted by molar-refractivity contribution is 6.85. The molecule has 0 spiro atoms. The number of unbranched alkanes of at least 4 members (excludes halogenated alkanes) is 10. The molecule has 0 fully saturated rings. The Morgan fingerprint density at radius 1 is 0.619 bits per heavy atom. The van der Waals surface area contributed by atoms with Crippen molar-refractivity contribution in [3.8, 4) is 0 Å². The molecule has 0 unspecified atom stereocenters. The van der Waals surface area contributed by atoms with Crippen molar-refractivity contribution in [2.45, 2.75) is 110 Å². The highest BCUT2D eigenvalue weighted by Crippen LogP contribution is 2.13. The van der Waals surface area contributed by atoms with Crippen LogP contribution in [0.5, 0.6) is 0 Å². The summed E-state index contributed by atoms with van der Waals surface area (Å²) in [7, 11) is 0. The maximum atomic E-state index is 13.0. The topological polar surface area (TPSA) is 17.8 Å². The standard InChI is InChI=1S/C22H33FN2.C16H19B/c1-2-3-4-5-6-7-8-9-10-11-17-25-18-16-24-22(25)19-20-12-14-21(23)15-13-20;1-2-3-14-17(15-10-6-4-7-11-15)16-12-8-5-9-13-16/h12-16,18H,2-11,17,19H2,1H3;4-13H,2-3,14H2,1H3. The minimum absolute atomic E-state index is 0.183. The fourth-order valence-corrected chi connectivity index (χ4v) is 5.57. The Morgan fingerprint density at radius 3 is 1.69 bits per heavy atom. The van der Waals surface area contributed by atoms with Crippen LogP contribution in [0, 0.1) is 5.82 Å². The fraction of sp³-hybridized carbons (Fsp3) is 0.447. The second-order valence-electron chi connectivity index (χ2n) is 11.5. The lowest BCUT2D eigenvalue weighted by Gasteiger charge is -2.14. The van der Waals surface area contributed by atoms with E-state index in [4.69, 9.17) is 0 Å². The maximum absolute atomic E-state index is 13.0. The van der Waals surface area contributed by atoms with Crippen molar-refractivity contribution in [1.29, 1.82) is 0 Å². The third-order valence-corrected chi connectivity index (χ3v) is 8.08. The summed E-state index contributed by atoms with van der Waals surface area (Å²) in [4.78, 5) is 4.47. The van der Waals surface area contributed by atoms with E-state index in [9.17, 15) is 4.39 Å². The minimum Gasteiger partial charge on any atom is -0.335 e. The average molecular weight is 567 g/mol. The third-order valence-electron chi connectivity index (χ3n) is 8.08. The Kier molecular flexibility index (Phi) is 16.4. The number of rotatable bonds is 18. The molecule has 4 rings (SSSR count). The molecule has 0 saturated carbocycles. The molecular weight excluding hydrogens is 514 g/mol. The van der Waals surface area contributed by atoms with Crippen LogP contribution in [-0.2, 0) is 13.0 Å². The van der Waals surface area contributed by atoms with Gasteiger partial charge in [0.05, 0.1) is 0 Å². The van der Waals surface area contributed by atoms with Crippen LogP contribution in [0.1, 0.15) is 102 Å². The maximum Gasteiger partial charge on any atom is 0.209 e. The molecule has 4 aromatic rings. The molecular formula is C38H52BFN2. The molecule has 0 radical (unpaired) electrons. The summed E-state index contributed by atoms with van der Waals surface area (Å²) in [5.74, 6) is 0.889. The highest BCUT2D eigenvalue weighted by atomic mass is 19.1. The molecule has 4 heteroatoms. The lowest BCUT2D eigenvalue weighted by Crippen LogP contribution is -2.41. The fourth-order valence-electron chi connectivity index (χ4n) is 5.57. The quantitative estimate of drug-likeness (QED) is 0.0866. The molecule has 1 heterocycles. The first kappa shape index (κ1) is 33.4. The second kappa shape index (κ2) is 20.7. The summed E-state index contributed by atoms with van der Waals surface area (Å²) in [6, 6.07) is 28.4. The number of hydrogen-bond acceptors (Lipinski definition) is 1. The van der Waals surface area contributed by atoms with Crippen molar-refractivity contribution in [1.82, 2.24) is 9.55 Å². The summed E-state index contributed by atoms with van der Waals surface area (Å²) >= 11 is 0. The molecule has 2 nitrogen and oxygen atoms in total. The molecule has 0 bridgehead atoms. The first-order valence-corrected chi connectivity index (χ1v) is 16.6. The van der Waals surface area contributed by atoms with Crippen molar-refractivity contribution in [2.75, 3.05) is 0 Å². The van der Waals surface area contributed by atoms with E-state index in [0.717, 1.165) is 24.4 Å². The van der Waals surface area contributed by atoms with Gasteiger partial charge in [-0.3, -0.25) is 0 Å². The molecule has 42 heavy (non-hydrogen) atoms. The van der Waals surface area contributed by atoms with Gasteiger partial charge in [0, 0.05) is 25.4 Å². The SMILES string of the molecule is CCCCB(c1ccccc1)c1ccccc1.CCCCCCCCCCCCn1ccnc1Cc1ccc(F)cc1. The first-order chi connectivity index (χ1) is 20.7. The number of aromatic nitrogens is 2. The van der Waals surface area contributed by atoms with Crippen LogP contribution in [0.25, 0.3) is 0 Å². The van der Waals surface area contributed by atoms with Gasteiger partial charge in [-0.15, -0.1) is 0 Å². The van der Waals surface area contributed by atoms with Gasteiger partial charge in [0.15, 0.2) is 0 Å². The summed E-state index contributed by atoms with van der Waals surface area (Å²) < 4.78 is 15.2. The molecule has 0 aliphatic rings. The number of benzene rings is 3. The number of halogens is 1. The zero-order valence-corrected chi connectivity index (χ0v) is 26.2. The Hall–Kier alpha value is -3.14. The van der Waals surface area contributed by atoms with E-state index in [1.165, 1.54) is 106 Å². The number of nitrogens with zero attached hydrogens (tertiary/aromatic N) is 2. The van der Waals surface area contributed by atoms with E-state index >= 15 is 0 Å². The van der Waals surface area contributed by atoms with Crippen LogP contribution in [0.4, 0.5) is 4.39 Å². The molecule has 0 amide bonds. The Labute approximate surface area is 255 Å². The molecule has 0 atom stereocenters. The Balaban J connectivity index is 0.000000247. The van der Waals surface area contributed by atoms with Gasteiger partial charge in [0.2, 0.25) is 6.71 Å². The van der Waals surface area contributed by atoms with E-state index in [2.05, 4.69) is 90.3 Å². The van der Waals surface area contributed by atoms with E-state index in [-0.39, 0.29) is 5.82 Å². The van der Waals surface area contributed by atoms with Crippen LogP contribution in [0.2, 0.25) is 6.32 Å².